The van der Waals surface area contributed by atoms with Crippen LogP contribution >= 0.6 is 0 Å². The highest BCUT2D eigenvalue weighted by molar-refractivity contribution is 5.56. The van der Waals surface area contributed by atoms with Gasteiger partial charge in [-0.3, -0.25) is 0 Å². The standard InChI is InChI=1S/CHF2NO/c2-1(3)4-5/h4H. The number of hydrogen-bond donors (Lipinski definition) is 1. The minimum Gasteiger partial charge on any atom is -0.622 e. The van der Waals surface area contributed by atoms with E-state index in [-0.39, 0.29) is 0 Å². The second-order valence-corrected chi connectivity index (χ2v) is 0.362. The molecule has 30 valence electrons. The lowest BCUT2D eigenvalue weighted by atomic mass is 11.5. The molecule has 0 radical (unpaired) electrons. The Labute approximate surface area is 26.7 Å². The van der Waals surface area contributed by atoms with E-state index in [2.05, 4.69) is 0 Å². The van der Waals surface area contributed by atoms with Gasteiger partial charge in [-0.15, -0.1) is 8.78 Å². The molecule has 4 heteroatoms. The van der Waals surface area contributed by atoms with Crippen LogP contribution < -0.4 is 5.16 Å². The van der Waals surface area contributed by atoms with Gasteiger partial charge in [0, 0.05) is 0 Å². The Morgan fingerprint density at radius 1 is 1.60 bits per heavy atom. The van der Waals surface area contributed by atoms with Crippen molar-refractivity contribution in [3.8, 4) is 0 Å². The summed E-state index contributed by atoms with van der Waals surface area (Å²) in [6, 6.07) is 0. The van der Waals surface area contributed by atoms with Crippen LogP contribution in [0.25, 0.3) is 0 Å². The average Bonchev–Trinajstić information content (AvgIpc) is 1.38. The van der Waals surface area contributed by atoms with Gasteiger partial charge in [0.15, 0.2) is 0 Å². The molecule has 0 aliphatic heterocycles. The van der Waals surface area contributed by atoms with Crippen molar-refractivity contribution in [2.75, 3.05) is 0 Å². The molecule has 5 heavy (non-hydrogen) atoms. The molecule has 0 saturated heterocycles. The van der Waals surface area contributed by atoms with Gasteiger partial charge in [-0.1, -0.05) is 0 Å². The molecule has 2 nitrogen and oxygen atoms in total. The van der Waals surface area contributed by atoms with Gasteiger partial charge in [0.25, 0.3) is 0 Å². The molecule has 0 aliphatic carbocycles. The van der Waals surface area contributed by atoms with Crippen molar-refractivity contribution in [1.82, 2.24) is 0 Å². The monoisotopic (exact) mass is 81.0 g/mol. The summed E-state index contributed by atoms with van der Waals surface area (Å²) in [6.07, 6.45) is -2.30. The van der Waals surface area contributed by atoms with Crippen LogP contribution in [-0.4, -0.2) is 6.22 Å². The van der Waals surface area contributed by atoms with E-state index in [9.17, 15) is 8.78 Å². The van der Waals surface area contributed by atoms with Crippen LogP contribution in [0.3, 0.4) is 0 Å². The molecule has 1 N–H and O–H groups in total. The van der Waals surface area contributed by atoms with Crippen LogP contribution in [0.5, 0.6) is 0 Å². The van der Waals surface area contributed by atoms with Gasteiger partial charge in [-0.2, -0.15) is 5.16 Å². The number of hydrogen-bond acceptors (Lipinski definition) is 1. The highest BCUT2D eigenvalue weighted by Crippen LogP contribution is 1.60. The fourth-order valence-corrected chi connectivity index (χ4v) is 0. The average molecular weight is 81.0 g/mol. The first-order valence-corrected chi connectivity index (χ1v) is 0.832. The maximum absolute atomic E-state index is 10.3. The van der Waals surface area contributed by atoms with Crippen molar-refractivity contribution >= 4 is 6.22 Å². The third-order valence-corrected chi connectivity index (χ3v) is 0.0772. The van der Waals surface area contributed by atoms with Crippen LogP contribution in [0.15, 0.2) is 0 Å². The predicted octanol–water partition coefficient (Wildman–Crippen LogP) is -1.14. The van der Waals surface area contributed by atoms with Crippen LogP contribution in [-0.2, 0) is 0 Å². The maximum Gasteiger partial charge on any atom is 0.536 e. The molecule has 0 heterocycles. The van der Waals surface area contributed by atoms with Gasteiger partial charge in [-0.25, -0.2) is 0 Å². The number of nitrogens with one attached hydrogen (secondary N) is 1. The zero-order valence-electron chi connectivity index (χ0n) is 2.16. The van der Waals surface area contributed by atoms with Crippen molar-refractivity contribution in [3.05, 3.63) is 5.21 Å². The van der Waals surface area contributed by atoms with Crippen LogP contribution in [0, 0.1) is 5.21 Å². The predicted molar refractivity (Wildman–Crippen MR) is 11.6 cm³/mol. The Kier molecular flexibility index (Phi) is 1.41. The van der Waals surface area contributed by atoms with Crippen molar-refractivity contribution in [1.29, 1.82) is 0 Å². The summed E-state index contributed by atoms with van der Waals surface area (Å²) in [4.78, 5) is 0. The summed E-state index contributed by atoms with van der Waals surface area (Å²) < 4.78 is 20.5. The molecule has 0 aromatic carbocycles. The number of halogens is 2. The zero-order chi connectivity index (χ0) is 4.28. The maximum atomic E-state index is 10.3. The normalized spacial score (nSPS) is 6.80. The zero-order valence-corrected chi connectivity index (χ0v) is 2.16. The Balaban J connectivity index is 3.14. The first-order valence-electron chi connectivity index (χ1n) is 0.832. The molecular formula is CHF2NO. The van der Waals surface area contributed by atoms with E-state index in [0.717, 1.165) is 0 Å². The second-order valence-electron chi connectivity index (χ2n) is 0.362. The summed E-state index contributed by atoms with van der Waals surface area (Å²) in [5, 5.41) is 8.95. The van der Waals surface area contributed by atoms with Crippen LogP contribution in [0.2, 0.25) is 0 Å². The lowest BCUT2D eigenvalue weighted by Gasteiger charge is -1.67. The Morgan fingerprint density at radius 3 is 1.80 bits per heavy atom. The first kappa shape index (κ1) is 4.33. The highest BCUT2D eigenvalue weighted by atomic mass is 19.3. The summed E-state index contributed by atoms with van der Waals surface area (Å²) in [7, 11) is 0. The third kappa shape index (κ3) is 3.33. The molecule has 0 fully saturated rings. The van der Waals surface area contributed by atoms with Gasteiger partial charge in [0.1, 0.15) is 0 Å². The van der Waals surface area contributed by atoms with Crippen LogP contribution in [0.1, 0.15) is 0 Å². The Hall–Kier alpha value is -0.670. The van der Waals surface area contributed by atoms with Gasteiger partial charge in [-0.05, 0) is 0 Å². The quantitative estimate of drug-likeness (QED) is 0.223. The first-order chi connectivity index (χ1) is 2.27. The summed E-state index contributed by atoms with van der Waals surface area (Å²) in [6.45, 7) is 0. The molecule has 0 amide bonds. The topological polar surface area (TPSA) is 37.0 Å². The fraction of sp³-hybridized carbons (Fsp3) is 0. The van der Waals surface area contributed by atoms with Gasteiger partial charge < -0.3 is 5.21 Å². The molecule has 0 bridgehead atoms. The molecule has 0 saturated carbocycles. The molecule has 0 atom stereocenters. The molecular weight excluding hydrogens is 80.0 g/mol. The van der Waals surface area contributed by atoms with Crippen molar-refractivity contribution in [2.24, 2.45) is 0 Å². The van der Waals surface area contributed by atoms with Gasteiger partial charge in [0.2, 0.25) is 0 Å². The summed E-state index contributed by atoms with van der Waals surface area (Å²) in [5.41, 5.74) is 0. The van der Waals surface area contributed by atoms with Crippen LogP contribution in [0.4, 0.5) is 8.78 Å². The number of rotatable bonds is 0. The molecule has 0 spiro atoms. The van der Waals surface area contributed by atoms with Gasteiger partial charge >= 0.3 is 6.22 Å². The fourth-order valence-electron chi connectivity index (χ4n) is 0. The SMILES string of the molecule is [O-][NH+]=C(F)F. The smallest absolute Gasteiger partial charge is 0.536 e. The summed E-state index contributed by atoms with van der Waals surface area (Å²) in [5.74, 6) is 0. The molecule has 0 aromatic rings. The Bertz CT molecular complexity index is 47.6. The minimum absolute atomic E-state index is 0.361. The van der Waals surface area contributed by atoms with E-state index in [4.69, 9.17) is 5.21 Å². The minimum atomic E-state index is -2.30. The van der Waals surface area contributed by atoms with E-state index >= 15 is 0 Å². The molecule has 0 rings (SSSR count). The van der Waals surface area contributed by atoms with Gasteiger partial charge in [0.05, 0.1) is 0 Å². The molecule has 0 unspecified atom stereocenters. The molecule has 0 aliphatic rings. The Morgan fingerprint density at radius 2 is 1.80 bits per heavy atom. The van der Waals surface area contributed by atoms with Crippen molar-refractivity contribution in [3.63, 3.8) is 0 Å². The molecule has 0 aromatic heterocycles. The lowest BCUT2D eigenvalue weighted by Crippen LogP contribution is -2.62. The van der Waals surface area contributed by atoms with E-state index in [1.165, 1.54) is 0 Å². The van der Waals surface area contributed by atoms with E-state index in [1.807, 2.05) is 0 Å². The van der Waals surface area contributed by atoms with E-state index < -0.39 is 6.22 Å². The van der Waals surface area contributed by atoms with E-state index in [1.54, 1.807) is 0 Å². The largest absolute Gasteiger partial charge is 0.622 e. The highest BCUT2D eigenvalue weighted by Gasteiger charge is 1.86. The third-order valence-electron chi connectivity index (χ3n) is 0.0772. The van der Waals surface area contributed by atoms with Crippen molar-refractivity contribution < 1.29 is 13.9 Å². The second kappa shape index (κ2) is 1.63. The summed E-state index contributed by atoms with van der Waals surface area (Å²) >= 11 is 0. The van der Waals surface area contributed by atoms with E-state index in [0.29, 0.717) is 5.16 Å². The lowest BCUT2D eigenvalue weighted by molar-refractivity contribution is -0.389. The van der Waals surface area contributed by atoms with Crippen molar-refractivity contribution in [2.45, 2.75) is 0 Å².